The number of aromatic nitrogens is 3. The molecule has 5 nitrogen and oxygen atoms in total. The molecule has 3 rings (SSSR count). The van der Waals surface area contributed by atoms with Crippen LogP contribution in [0, 0.1) is 4.77 Å². The molecule has 0 aromatic carbocycles. The van der Waals surface area contributed by atoms with Crippen molar-refractivity contribution in [2.75, 3.05) is 32.8 Å². The summed E-state index contributed by atoms with van der Waals surface area (Å²) in [4.78, 5) is 9.87. The highest BCUT2D eigenvalue weighted by molar-refractivity contribution is 7.71. The third-order valence-corrected chi connectivity index (χ3v) is 3.85. The Morgan fingerprint density at radius 3 is 2.95 bits per heavy atom. The number of imidazole rings is 1. The number of aromatic amines is 1. The van der Waals surface area contributed by atoms with E-state index in [2.05, 4.69) is 14.9 Å². The molecule has 2 aromatic heterocycles. The lowest BCUT2D eigenvalue weighted by Crippen LogP contribution is -2.38. The summed E-state index contributed by atoms with van der Waals surface area (Å²) < 4.78 is 8.06. The molecular weight excluding hydrogens is 284 g/mol. The second-order valence-corrected chi connectivity index (χ2v) is 5.38. The van der Waals surface area contributed by atoms with Crippen LogP contribution in [0.4, 0.5) is 0 Å². The van der Waals surface area contributed by atoms with Crippen molar-refractivity contribution in [3.05, 3.63) is 22.1 Å². The number of nitrogens with one attached hydrogen (secondary N) is 1. The fourth-order valence-electron chi connectivity index (χ4n) is 2.29. The predicted molar refractivity (Wildman–Crippen MR) is 77.2 cm³/mol. The van der Waals surface area contributed by atoms with Crippen LogP contribution in [0.25, 0.3) is 11.2 Å². The van der Waals surface area contributed by atoms with Gasteiger partial charge in [0.05, 0.1) is 23.8 Å². The number of rotatable bonds is 3. The number of hydrogen-bond donors (Lipinski definition) is 1. The average Bonchev–Trinajstić information content (AvgIpc) is 2.72. The zero-order valence-corrected chi connectivity index (χ0v) is 12.0. The molecule has 0 amide bonds. The van der Waals surface area contributed by atoms with Gasteiger partial charge in [-0.05, 0) is 18.3 Å². The van der Waals surface area contributed by atoms with Gasteiger partial charge in [-0.15, -0.1) is 0 Å². The fourth-order valence-corrected chi connectivity index (χ4v) is 2.74. The lowest BCUT2D eigenvalue weighted by molar-refractivity contribution is 0.0364. The van der Waals surface area contributed by atoms with Crippen molar-refractivity contribution in [2.45, 2.75) is 6.54 Å². The number of pyridine rings is 1. The van der Waals surface area contributed by atoms with Gasteiger partial charge in [-0.3, -0.25) is 4.90 Å². The Balaban J connectivity index is 1.80. The molecule has 19 heavy (non-hydrogen) atoms. The maximum absolute atomic E-state index is 5.93. The van der Waals surface area contributed by atoms with Crippen molar-refractivity contribution in [2.24, 2.45) is 0 Å². The van der Waals surface area contributed by atoms with E-state index in [0.29, 0.717) is 9.79 Å². The highest BCUT2D eigenvalue weighted by atomic mass is 35.5. The number of H-pyrrole nitrogens is 1. The number of nitrogens with zero attached hydrogens (tertiary/aromatic N) is 3. The standard InChI is InChI=1S/C12H15ClN4OS/c13-9-7-10-11(14-8-9)17(12(19)15-10)2-1-16-3-5-18-6-4-16/h7-8H,1-6H2,(H,15,19). The Morgan fingerprint density at radius 1 is 1.37 bits per heavy atom. The molecule has 1 aliphatic heterocycles. The zero-order chi connectivity index (χ0) is 13.2. The Kier molecular flexibility index (Phi) is 3.83. The van der Waals surface area contributed by atoms with Gasteiger partial charge in [0.1, 0.15) is 0 Å². The van der Waals surface area contributed by atoms with E-state index < -0.39 is 0 Å². The molecule has 0 bridgehead atoms. The van der Waals surface area contributed by atoms with Crippen molar-refractivity contribution < 1.29 is 4.74 Å². The third-order valence-electron chi connectivity index (χ3n) is 3.32. The van der Waals surface area contributed by atoms with Crippen molar-refractivity contribution in [3.63, 3.8) is 0 Å². The lowest BCUT2D eigenvalue weighted by atomic mass is 10.4. The molecule has 3 heterocycles. The van der Waals surface area contributed by atoms with Gasteiger partial charge < -0.3 is 14.3 Å². The Morgan fingerprint density at radius 2 is 2.16 bits per heavy atom. The number of fused-ring (bicyclic) bond motifs is 1. The minimum absolute atomic E-state index is 0.615. The summed E-state index contributed by atoms with van der Waals surface area (Å²) in [7, 11) is 0. The monoisotopic (exact) mass is 298 g/mol. The van der Waals surface area contributed by atoms with Crippen LogP contribution in [0.2, 0.25) is 5.02 Å². The Labute approximate surface area is 121 Å². The van der Waals surface area contributed by atoms with Gasteiger partial charge in [-0.2, -0.15) is 0 Å². The molecule has 1 aliphatic rings. The molecule has 7 heteroatoms. The molecule has 0 atom stereocenters. The summed E-state index contributed by atoms with van der Waals surface area (Å²) in [6.45, 7) is 5.37. The summed E-state index contributed by atoms with van der Waals surface area (Å²) in [5.74, 6) is 0. The Hall–Kier alpha value is -0.950. The molecule has 102 valence electrons. The summed E-state index contributed by atoms with van der Waals surface area (Å²) in [5, 5.41) is 0.615. The van der Waals surface area contributed by atoms with Crippen LogP contribution in [0.3, 0.4) is 0 Å². The van der Waals surface area contributed by atoms with E-state index in [4.69, 9.17) is 28.6 Å². The van der Waals surface area contributed by atoms with Crippen LogP contribution in [0.5, 0.6) is 0 Å². The second kappa shape index (κ2) is 5.58. The number of ether oxygens (including phenoxy) is 1. The quantitative estimate of drug-likeness (QED) is 0.881. The smallest absolute Gasteiger partial charge is 0.179 e. The lowest BCUT2D eigenvalue weighted by Gasteiger charge is -2.26. The number of hydrogen-bond acceptors (Lipinski definition) is 4. The van der Waals surface area contributed by atoms with Crippen LogP contribution in [0.15, 0.2) is 12.3 Å². The molecule has 1 saturated heterocycles. The van der Waals surface area contributed by atoms with E-state index in [0.717, 1.165) is 50.6 Å². The molecule has 1 fully saturated rings. The number of morpholine rings is 1. The van der Waals surface area contributed by atoms with Crippen LogP contribution >= 0.6 is 23.8 Å². The highest BCUT2D eigenvalue weighted by Crippen LogP contribution is 2.16. The first-order chi connectivity index (χ1) is 9.24. The highest BCUT2D eigenvalue weighted by Gasteiger charge is 2.12. The third kappa shape index (κ3) is 2.81. The predicted octanol–water partition coefficient (Wildman–Crippen LogP) is 2.08. The maximum Gasteiger partial charge on any atom is 0.179 e. The molecule has 0 saturated carbocycles. The first-order valence-corrected chi connectivity index (χ1v) is 7.07. The minimum Gasteiger partial charge on any atom is -0.379 e. The summed E-state index contributed by atoms with van der Waals surface area (Å²) in [6, 6.07) is 1.85. The van der Waals surface area contributed by atoms with Crippen molar-refractivity contribution in [1.82, 2.24) is 19.4 Å². The van der Waals surface area contributed by atoms with E-state index in [9.17, 15) is 0 Å². The maximum atomic E-state index is 5.93. The molecule has 0 spiro atoms. The van der Waals surface area contributed by atoms with Crippen LogP contribution in [0.1, 0.15) is 0 Å². The fraction of sp³-hybridized carbons (Fsp3) is 0.500. The van der Waals surface area contributed by atoms with E-state index in [1.807, 2.05) is 10.6 Å². The van der Waals surface area contributed by atoms with Crippen molar-refractivity contribution >= 4 is 35.0 Å². The van der Waals surface area contributed by atoms with Gasteiger partial charge >= 0.3 is 0 Å². The van der Waals surface area contributed by atoms with Gasteiger partial charge in [0, 0.05) is 32.4 Å². The Bertz CT molecular complexity index is 632. The van der Waals surface area contributed by atoms with E-state index in [1.165, 1.54) is 0 Å². The van der Waals surface area contributed by atoms with Crippen LogP contribution in [-0.4, -0.2) is 52.3 Å². The topological polar surface area (TPSA) is 46.1 Å². The van der Waals surface area contributed by atoms with Crippen molar-refractivity contribution in [3.8, 4) is 0 Å². The summed E-state index contributed by atoms with van der Waals surface area (Å²) in [5.41, 5.74) is 1.75. The van der Waals surface area contributed by atoms with Gasteiger partial charge in [-0.1, -0.05) is 11.6 Å². The van der Waals surface area contributed by atoms with Crippen LogP contribution < -0.4 is 0 Å². The zero-order valence-electron chi connectivity index (χ0n) is 10.4. The van der Waals surface area contributed by atoms with Gasteiger partial charge in [0.25, 0.3) is 0 Å². The second-order valence-electron chi connectivity index (χ2n) is 4.56. The van der Waals surface area contributed by atoms with Crippen molar-refractivity contribution in [1.29, 1.82) is 0 Å². The summed E-state index contributed by atoms with van der Waals surface area (Å²) in [6.07, 6.45) is 1.65. The average molecular weight is 299 g/mol. The molecule has 2 aromatic rings. The van der Waals surface area contributed by atoms with Crippen LogP contribution in [-0.2, 0) is 11.3 Å². The molecule has 0 aliphatic carbocycles. The largest absolute Gasteiger partial charge is 0.379 e. The normalized spacial score (nSPS) is 17.1. The summed E-state index contributed by atoms with van der Waals surface area (Å²) >= 11 is 11.3. The van der Waals surface area contributed by atoms with E-state index in [1.54, 1.807) is 6.20 Å². The molecule has 1 N–H and O–H groups in total. The molecule has 0 unspecified atom stereocenters. The minimum atomic E-state index is 0.615. The molecule has 0 radical (unpaired) electrons. The first-order valence-electron chi connectivity index (χ1n) is 6.28. The van der Waals surface area contributed by atoms with E-state index >= 15 is 0 Å². The first kappa shape index (κ1) is 13.1. The number of halogens is 1. The van der Waals surface area contributed by atoms with Gasteiger partial charge in [0.2, 0.25) is 0 Å². The SMILES string of the molecule is S=c1[nH]c2cc(Cl)cnc2n1CCN1CCOCC1. The molecular formula is C12H15ClN4OS. The van der Waals surface area contributed by atoms with Gasteiger partial charge in [0.15, 0.2) is 10.4 Å². The van der Waals surface area contributed by atoms with E-state index in [-0.39, 0.29) is 0 Å². The van der Waals surface area contributed by atoms with Gasteiger partial charge in [-0.25, -0.2) is 4.98 Å².